The van der Waals surface area contributed by atoms with E-state index in [9.17, 15) is 9.90 Å². The van der Waals surface area contributed by atoms with E-state index in [1.54, 1.807) is 12.3 Å². The lowest BCUT2D eigenvalue weighted by atomic mass is 9.71. The van der Waals surface area contributed by atoms with E-state index in [0.29, 0.717) is 25.1 Å². The first-order chi connectivity index (χ1) is 9.64. The number of carbonyl (C=O) groups is 1. The van der Waals surface area contributed by atoms with Crippen LogP contribution < -0.4 is 0 Å². The number of aliphatic hydroxyl groups is 1. The first kappa shape index (κ1) is 13.7. The van der Waals surface area contributed by atoms with E-state index >= 15 is 0 Å². The van der Waals surface area contributed by atoms with Gasteiger partial charge in [-0.15, -0.1) is 0 Å². The Bertz CT molecular complexity index is 496. The monoisotopic (exact) mass is 277 g/mol. The third kappa shape index (κ3) is 2.26. The van der Waals surface area contributed by atoms with Crippen LogP contribution in [0, 0.1) is 5.92 Å². The highest BCUT2D eigenvalue weighted by molar-refractivity contribution is 5.95. The molecule has 0 radical (unpaired) electrons. The Labute approximate surface area is 119 Å². The number of likely N-dealkylation sites (tertiary alicyclic amines) is 1. The summed E-state index contributed by atoms with van der Waals surface area (Å²) in [6, 6.07) is 1.77. The van der Waals surface area contributed by atoms with E-state index in [-0.39, 0.29) is 11.8 Å². The highest BCUT2D eigenvalue weighted by atomic mass is 16.3. The normalized spacial score (nSPS) is 30.1. The number of furan rings is 1. The Kier molecular flexibility index (Phi) is 3.59. The molecule has 2 heterocycles. The van der Waals surface area contributed by atoms with E-state index in [4.69, 9.17) is 4.42 Å². The van der Waals surface area contributed by atoms with E-state index in [2.05, 4.69) is 0 Å². The molecule has 1 aromatic heterocycles. The topological polar surface area (TPSA) is 53.7 Å². The molecule has 1 saturated carbocycles. The highest BCUT2D eigenvalue weighted by Crippen LogP contribution is 2.40. The van der Waals surface area contributed by atoms with Crippen molar-refractivity contribution in [1.29, 1.82) is 0 Å². The molecule has 0 spiro atoms. The summed E-state index contributed by atoms with van der Waals surface area (Å²) in [5.41, 5.74) is 0.160. The zero-order chi connectivity index (χ0) is 14.2. The number of fused-ring (bicyclic) bond motifs is 1. The van der Waals surface area contributed by atoms with Crippen molar-refractivity contribution in [2.24, 2.45) is 5.92 Å². The van der Waals surface area contributed by atoms with Gasteiger partial charge in [0.2, 0.25) is 0 Å². The molecule has 1 aliphatic heterocycles. The molecule has 0 bridgehead atoms. The maximum atomic E-state index is 12.6. The second kappa shape index (κ2) is 5.24. The Balaban J connectivity index is 1.74. The van der Waals surface area contributed by atoms with Gasteiger partial charge in [0, 0.05) is 25.4 Å². The van der Waals surface area contributed by atoms with Crippen LogP contribution in [0.4, 0.5) is 0 Å². The summed E-state index contributed by atoms with van der Waals surface area (Å²) >= 11 is 0. The van der Waals surface area contributed by atoms with Crippen LogP contribution >= 0.6 is 0 Å². The van der Waals surface area contributed by atoms with Gasteiger partial charge in [-0.25, -0.2) is 0 Å². The van der Waals surface area contributed by atoms with E-state index in [1.807, 2.05) is 11.8 Å². The van der Waals surface area contributed by atoms with Gasteiger partial charge in [-0.05, 0) is 25.3 Å². The van der Waals surface area contributed by atoms with Crippen molar-refractivity contribution in [3.63, 3.8) is 0 Å². The molecule has 2 atom stereocenters. The molecule has 1 aliphatic carbocycles. The van der Waals surface area contributed by atoms with E-state index in [0.717, 1.165) is 31.4 Å². The summed E-state index contributed by atoms with van der Waals surface area (Å²) in [5, 5.41) is 10.7. The molecule has 2 unspecified atom stereocenters. The standard InChI is InChI=1S/C16H23NO3/c1-2-14-13(6-10-20-14)15(18)17-9-8-16(19)7-4-3-5-12(16)11-17/h6,10,12,19H,2-5,7-9,11H2,1H3. The lowest BCUT2D eigenvalue weighted by Crippen LogP contribution is -2.54. The number of nitrogens with zero attached hydrogens (tertiary/aromatic N) is 1. The van der Waals surface area contributed by atoms with Crippen LogP contribution in [-0.4, -0.2) is 34.6 Å². The van der Waals surface area contributed by atoms with Crippen LogP contribution in [0.15, 0.2) is 16.7 Å². The predicted octanol–water partition coefficient (Wildman–Crippen LogP) is 2.61. The molecular weight excluding hydrogens is 254 g/mol. The quantitative estimate of drug-likeness (QED) is 0.904. The van der Waals surface area contributed by atoms with E-state index in [1.165, 1.54) is 6.42 Å². The van der Waals surface area contributed by atoms with Crippen molar-refractivity contribution >= 4 is 5.91 Å². The Morgan fingerprint density at radius 3 is 3.15 bits per heavy atom. The number of amides is 1. The predicted molar refractivity (Wildman–Crippen MR) is 75.5 cm³/mol. The summed E-state index contributed by atoms with van der Waals surface area (Å²) in [5.74, 6) is 1.06. The molecule has 1 aromatic rings. The maximum Gasteiger partial charge on any atom is 0.257 e. The van der Waals surface area contributed by atoms with Gasteiger partial charge in [0.05, 0.1) is 17.4 Å². The van der Waals surface area contributed by atoms with Crippen molar-refractivity contribution in [1.82, 2.24) is 4.90 Å². The zero-order valence-electron chi connectivity index (χ0n) is 12.1. The molecule has 2 aliphatic rings. The number of hydrogen-bond donors (Lipinski definition) is 1. The molecule has 3 rings (SSSR count). The van der Waals surface area contributed by atoms with Crippen LogP contribution in [0.5, 0.6) is 0 Å². The third-order valence-corrected chi connectivity index (χ3v) is 5.01. The van der Waals surface area contributed by atoms with E-state index < -0.39 is 5.60 Å². The van der Waals surface area contributed by atoms with Gasteiger partial charge < -0.3 is 14.4 Å². The lowest BCUT2D eigenvalue weighted by Gasteiger charge is -2.47. The largest absolute Gasteiger partial charge is 0.469 e. The molecule has 1 amide bonds. The van der Waals surface area contributed by atoms with Crippen LogP contribution in [0.1, 0.15) is 55.1 Å². The molecule has 4 nitrogen and oxygen atoms in total. The van der Waals surface area contributed by atoms with Gasteiger partial charge in [-0.3, -0.25) is 4.79 Å². The number of aryl methyl sites for hydroxylation is 1. The van der Waals surface area contributed by atoms with Crippen molar-refractivity contribution in [2.45, 2.75) is 51.0 Å². The molecule has 4 heteroatoms. The van der Waals surface area contributed by atoms with Gasteiger partial charge in [-0.2, -0.15) is 0 Å². The number of rotatable bonds is 2. The Morgan fingerprint density at radius 2 is 2.35 bits per heavy atom. The second-order valence-corrected chi connectivity index (χ2v) is 6.16. The fourth-order valence-corrected chi connectivity index (χ4v) is 3.73. The summed E-state index contributed by atoms with van der Waals surface area (Å²) < 4.78 is 5.36. The molecule has 110 valence electrons. The minimum absolute atomic E-state index is 0.0585. The summed E-state index contributed by atoms with van der Waals surface area (Å²) in [6.07, 6.45) is 7.24. The second-order valence-electron chi connectivity index (χ2n) is 6.16. The van der Waals surface area contributed by atoms with Crippen molar-refractivity contribution in [2.75, 3.05) is 13.1 Å². The number of carbonyl (C=O) groups excluding carboxylic acids is 1. The number of piperidine rings is 1. The van der Waals surface area contributed by atoms with Crippen LogP contribution in [0.25, 0.3) is 0 Å². The molecule has 1 N–H and O–H groups in total. The fraction of sp³-hybridized carbons (Fsp3) is 0.688. The van der Waals surface area contributed by atoms with Crippen LogP contribution in [-0.2, 0) is 6.42 Å². The first-order valence-corrected chi connectivity index (χ1v) is 7.72. The van der Waals surface area contributed by atoms with Crippen molar-refractivity contribution in [3.05, 3.63) is 23.7 Å². The van der Waals surface area contributed by atoms with Gasteiger partial charge in [0.1, 0.15) is 5.76 Å². The Morgan fingerprint density at radius 1 is 1.50 bits per heavy atom. The SMILES string of the molecule is CCc1occc1C(=O)N1CCC2(O)CCCCC2C1. The van der Waals surface area contributed by atoms with Gasteiger partial charge >= 0.3 is 0 Å². The average Bonchev–Trinajstić information content (AvgIpc) is 2.94. The molecule has 0 aromatic carbocycles. The summed E-state index contributed by atoms with van der Waals surface area (Å²) in [6.45, 7) is 3.33. The molecular formula is C16H23NO3. The first-order valence-electron chi connectivity index (χ1n) is 7.72. The number of hydrogen-bond acceptors (Lipinski definition) is 3. The minimum atomic E-state index is -0.529. The van der Waals surface area contributed by atoms with Crippen molar-refractivity contribution in [3.8, 4) is 0 Å². The molecule has 20 heavy (non-hydrogen) atoms. The summed E-state index contributed by atoms with van der Waals surface area (Å²) in [7, 11) is 0. The van der Waals surface area contributed by atoms with Gasteiger partial charge in [0.25, 0.3) is 5.91 Å². The van der Waals surface area contributed by atoms with Crippen LogP contribution in [0.3, 0.4) is 0 Å². The Hall–Kier alpha value is -1.29. The highest BCUT2D eigenvalue weighted by Gasteiger charge is 2.44. The molecule has 2 fully saturated rings. The maximum absolute atomic E-state index is 12.6. The average molecular weight is 277 g/mol. The smallest absolute Gasteiger partial charge is 0.257 e. The third-order valence-electron chi connectivity index (χ3n) is 5.01. The van der Waals surface area contributed by atoms with Gasteiger partial charge in [0.15, 0.2) is 0 Å². The lowest BCUT2D eigenvalue weighted by molar-refractivity contribution is -0.0886. The van der Waals surface area contributed by atoms with Gasteiger partial charge in [-0.1, -0.05) is 19.8 Å². The minimum Gasteiger partial charge on any atom is -0.469 e. The summed E-state index contributed by atoms with van der Waals surface area (Å²) in [4.78, 5) is 14.5. The fourth-order valence-electron chi connectivity index (χ4n) is 3.73. The van der Waals surface area contributed by atoms with Crippen LogP contribution in [0.2, 0.25) is 0 Å². The molecule has 1 saturated heterocycles. The zero-order valence-corrected chi connectivity index (χ0v) is 12.1. The van der Waals surface area contributed by atoms with Crippen molar-refractivity contribution < 1.29 is 14.3 Å².